The van der Waals surface area contributed by atoms with Crippen molar-refractivity contribution in [1.82, 2.24) is 4.90 Å². The summed E-state index contributed by atoms with van der Waals surface area (Å²) in [6.07, 6.45) is 0. The lowest BCUT2D eigenvalue weighted by atomic mass is 10.1. The van der Waals surface area contributed by atoms with Crippen molar-refractivity contribution in [1.29, 1.82) is 0 Å². The molecule has 2 N–H and O–H groups in total. The van der Waals surface area contributed by atoms with Gasteiger partial charge in [0.1, 0.15) is 5.82 Å². The first-order valence-electron chi connectivity index (χ1n) is 6.60. The van der Waals surface area contributed by atoms with Gasteiger partial charge in [-0.05, 0) is 30.3 Å². The van der Waals surface area contributed by atoms with Crippen molar-refractivity contribution in [2.75, 3.05) is 12.3 Å². The van der Waals surface area contributed by atoms with Crippen LogP contribution in [0.15, 0.2) is 42.5 Å². The molecule has 0 aliphatic carbocycles. The summed E-state index contributed by atoms with van der Waals surface area (Å²) in [6, 6.07) is 12.5. The third-order valence-corrected chi connectivity index (χ3v) is 3.69. The van der Waals surface area contributed by atoms with Gasteiger partial charge in [0.25, 0.3) is 0 Å². The summed E-state index contributed by atoms with van der Waals surface area (Å²) >= 11 is 6.07. The number of halogens is 2. The van der Waals surface area contributed by atoms with Gasteiger partial charge in [-0.3, -0.25) is 4.90 Å². The van der Waals surface area contributed by atoms with Crippen LogP contribution >= 0.6 is 11.6 Å². The van der Waals surface area contributed by atoms with E-state index >= 15 is 0 Å². The largest absolute Gasteiger partial charge is 0.398 e. The molecule has 4 heteroatoms. The first-order chi connectivity index (χ1) is 9.61. The molecule has 0 atom stereocenters. The van der Waals surface area contributed by atoms with Gasteiger partial charge in [0.15, 0.2) is 0 Å². The lowest BCUT2D eigenvalue weighted by molar-refractivity contribution is 0.268. The van der Waals surface area contributed by atoms with Crippen molar-refractivity contribution in [3.8, 4) is 0 Å². The number of benzene rings is 2. The van der Waals surface area contributed by atoms with E-state index in [0.717, 1.165) is 17.8 Å². The van der Waals surface area contributed by atoms with E-state index in [1.54, 1.807) is 12.1 Å². The minimum absolute atomic E-state index is 0.267. The van der Waals surface area contributed by atoms with Gasteiger partial charge in [-0.2, -0.15) is 0 Å². The highest BCUT2D eigenvalue weighted by Gasteiger charge is 2.12. The van der Waals surface area contributed by atoms with E-state index in [2.05, 4.69) is 4.90 Å². The van der Waals surface area contributed by atoms with Gasteiger partial charge in [-0.25, -0.2) is 4.39 Å². The van der Waals surface area contributed by atoms with Gasteiger partial charge >= 0.3 is 0 Å². The zero-order valence-electron chi connectivity index (χ0n) is 11.4. The minimum Gasteiger partial charge on any atom is -0.398 e. The quantitative estimate of drug-likeness (QED) is 0.841. The summed E-state index contributed by atoms with van der Waals surface area (Å²) in [5, 5.41) is 0.462. The van der Waals surface area contributed by atoms with Crippen LogP contribution in [0.3, 0.4) is 0 Å². The molecule has 0 unspecified atom stereocenters. The molecule has 0 bridgehead atoms. The Balaban J connectivity index is 2.16. The first kappa shape index (κ1) is 14.8. The second-order valence-electron chi connectivity index (χ2n) is 4.70. The van der Waals surface area contributed by atoms with E-state index in [1.807, 2.05) is 31.2 Å². The van der Waals surface area contributed by atoms with Gasteiger partial charge in [0.05, 0.1) is 0 Å². The van der Waals surface area contributed by atoms with Crippen LogP contribution in [0.25, 0.3) is 0 Å². The molecular formula is C16H18ClFN2. The van der Waals surface area contributed by atoms with Gasteiger partial charge in [-0.15, -0.1) is 0 Å². The van der Waals surface area contributed by atoms with Crippen LogP contribution in [0.1, 0.15) is 18.1 Å². The summed E-state index contributed by atoms with van der Waals surface area (Å²) < 4.78 is 13.8. The predicted molar refractivity (Wildman–Crippen MR) is 82.1 cm³/mol. The Morgan fingerprint density at radius 2 is 1.85 bits per heavy atom. The number of anilines is 1. The van der Waals surface area contributed by atoms with Crippen LogP contribution in [-0.4, -0.2) is 11.4 Å². The number of nitrogens with zero attached hydrogens (tertiary/aromatic N) is 1. The molecule has 0 spiro atoms. The average Bonchev–Trinajstić information content (AvgIpc) is 2.44. The Morgan fingerprint density at radius 3 is 2.50 bits per heavy atom. The Morgan fingerprint density at radius 1 is 1.10 bits per heavy atom. The SMILES string of the molecule is CCN(Cc1ccccc1N)Cc1c(F)cccc1Cl. The molecule has 0 fully saturated rings. The van der Waals surface area contributed by atoms with E-state index in [4.69, 9.17) is 17.3 Å². The van der Waals surface area contributed by atoms with Crippen LogP contribution in [0.4, 0.5) is 10.1 Å². The number of hydrogen-bond donors (Lipinski definition) is 1. The maximum absolute atomic E-state index is 13.8. The molecule has 2 nitrogen and oxygen atoms in total. The monoisotopic (exact) mass is 292 g/mol. The fourth-order valence-corrected chi connectivity index (χ4v) is 2.33. The number of para-hydroxylation sites is 1. The number of hydrogen-bond acceptors (Lipinski definition) is 2. The summed E-state index contributed by atoms with van der Waals surface area (Å²) in [4.78, 5) is 2.11. The number of nitrogen functional groups attached to an aromatic ring is 1. The van der Waals surface area contributed by atoms with E-state index < -0.39 is 0 Å². The normalized spacial score (nSPS) is 11.0. The fraction of sp³-hybridized carbons (Fsp3) is 0.250. The van der Waals surface area contributed by atoms with Gasteiger partial charge < -0.3 is 5.73 Å². The van der Waals surface area contributed by atoms with Crippen LogP contribution < -0.4 is 5.73 Å². The van der Waals surface area contributed by atoms with Crippen LogP contribution in [0.2, 0.25) is 5.02 Å². The summed E-state index contributed by atoms with van der Waals surface area (Å²) in [5.41, 5.74) is 8.28. The number of rotatable bonds is 5. The second-order valence-corrected chi connectivity index (χ2v) is 5.11. The van der Waals surface area contributed by atoms with E-state index in [9.17, 15) is 4.39 Å². The molecule has 0 amide bonds. The Labute approximate surface area is 124 Å². The zero-order chi connectivity index (χ0) is 14.5. The lowest BCUT2D eigenvalue weighted by Gasteiger charge is -2.22. The molecule has 2 aromatic rings. The number of nitrogens with two attached hydrogens (primary N) is 1. The van der Waals surface area contributed by atoms with E-state index in [-0.39, 0.29) is 5.82 Å². The molecule has 0 aliphatic heterocycles. The smallest absolute Gasteiger partial charge is 0.129 e. The van der Waals surface area contributed by atoms with Gasteiger partial charge in [0.2, 0.25) is 0 Å². The maximum atomic E-state index is 13.8. The summed E-state index contributed by atoms with van der Waals surface area (Å²) in [5.74, 6) is -0.267. The average molecular weight is 293 g/mol. The topological polar surface area (TPSA) is 29.3 Å². The van der Waals surface area contributed by atoms with Crippen molar-refractivity contribution >= 4 is 17.3 Å². The fourth-order valence-electron chi connectivity index (χ4n) is 2.11. The van der Waals surface area contributed by atoms with Gasteiger partial charge in [0, 0.05) is 29.4 Å². The van der Waals surface area contributed by atoms with Crippen molar-refractivity contribution in [3.05, 3.63) is 64.4 Å². The molecule has 0 aliphatic rings. The predicted octanol–water partition coefficient (Wildman–Crippen LogP) is 4.08. The van der Waals surface area contributed by atoms with Crippen LogP contribution in [-0.2, 0) is 13.1 Å². The molecule has 0 aromatic heterocycles. The third kappa shape index (κ3) is 3.50. The third-order valence-electron chi connectivity index (χ3n) is 3.34. The molecule has 106 valence electrons. The van der Waals surface area contributed by atoms with Crippen molar-refractivity contribution in [2.45, 2.75) is 20.0 Å². The summed E-state index contributed by atoms with van der Waals surface area (Å²) in [6.45, 7) is 3.97. The summed E-state index contributed by atoms with van der Waals surface area (Å²) in [7, 11) is 0. The van der Waals surface area contributed by atoms with Crippen molar-refractivity contribution < 1.29 is 4.39 Å². The van der Waals surface area contributed by atoms with Crippen molar-refractivity contribution in [3.63, 3.8) is 0 Å². The van der Waals surface area contributed by atoms with Crippen molar-refractivity contribution in [2.24, 2.45) is 0 Å². The molecule has 0 heterocycles. The molecular weight excluding hydrogens is 275 g/mol. The molecule has 20 heavy (non-hydrogen) atoms. The molecule has 2 aromatic carbocycles. The van der Waals surface area contributed by atoms with E-state index in [0.29, 0.717) is 23.7 Å². The minimum atomic E-state index is -0.267. The lowest BCUT2D eigenvalue weighted by Crippen LogP contribution is -2.23. The standard InChI is InChI=1S/C16H18ClFN2/c1-2-20(10-12-6-3-4-9-16(12)19)11-13-14(17)7-5-8-15(13)18/h3-9H,2,10-11,19H2,1H3. The molecule has 2 rings (SSSR count). The van der Waals surface area contributed by atoms with Gasteiger partial charge in [-0.1, -0.05) is 42.8 Å². The van der Waals surface area contributed by atoms with Crippen LogP contribution in [0, 0.1) is 5.82 Å². The zero-order valence-corrected chi connectivity index (χ0v) is 12.2. The van der Waals surface area contributed by atoms with Crippen LogP contribution in [0.5, 0.6) is 0 Å². The molecule has 0 saturated heterocycles. The highest BCUT2D eigenvalue weighted by molar-refractivity contribution is 6.31. The first-order valence-corrected chi connectivity index (χ1v) is 6.98. The highest BCUT2D eigenvalue weighted by Crippen LogP contribution is 2.22. The molecule has 0 saturated carbocycles. The Hall–Kier alpha value is -1.58. The Kier molecular flexibility index (Phi) is 4.99. The highest BCUT2D eigenvalue weighted by atomic mass is 35.5. The second kappa shape index (κ2) is 6.73. The molecule has 0 radical (unpaired) electrons. The van der Waals surface area contributed by atoms with E-state index in [1.165, 1.54) is 6.07 Å². The maximum Gasteiger partial charge on any atom is 0.129 e. The Bertz CT molecular complexity index is 566.